The summed E-state index contributed by atoms with van der Waals surface area (Å²) in [5.74, 6) is 0.549. The van der Waals surface area contributed by atoms with Crippen LogP contribution in [-0.4, -0.2) is 37.7 Å². The Hall–Kier alpha value is -3.61. The van der Waals surface area contributed by atoms with Gasteiger partial charge >= 0.3 is 6.09 Å². The first-order valence-corrected chi connectivity index (χ1v) is 12.7. The fraction of sp³-hybridized carbons (Fsp3) is 0.414. The molecule has 188 valence electrons. The van der Waals surface area contributed by atoms with E-state index in [1.807, 2.05) is 50.9 Å². The Bertz CT molecular complexity index is 1470. The number of aryl methyl sites for hydroxylation is 1. The van der Waals surface area contributed by atoms with Crippen LogP contribution in [0.4, 0.5) is 4.79 Å². The van der Waals surface area contributed by atoms with Crippen LogP contribution in [-0.2, 0) is 17.8 Å². The van der Waals surface area contributed by atoms with Crippen molar-refractivity contribution in [3.63, 3.8) is 0 Å². The second kappa shape index (κ2) is 9.45. The van der Waals surface area contributed by atoms with Gasteiger partial charge in [0.15, 0.2) is 0 Å². The highest BCUT2D eigenvalue weighted by Crippen LogP contribution is 2.29. The smallest absolute Gasteiger partial charge is 0.410 e. The van der Waals surface area contributed by atoms with E-state index in [9.17, 15) is 9.59 Å². The molecule has 3 heterocycles. The summed E-state index contributed by atoms with van der Waals surface area (Å²) in [5.41, 5.74) is 3.41. The highest BCUT2D eigenvalue weighted by Gasteiger charge is 2.27. The van der Waals surface area contributed by atoms with E-state index in [2.05, 4.69) is 28.2 Å². The van der Waals surface area contributed by atoms with E-state index in [1.54, 1.807) is 17.0 Å². The van der Waals surface area contributed by atoms with Gasteiger partial charge < -0.3 is 19.2 Å². The zero-order valence-electron chi connectivity index (χ0n) is 21.5. The molecule has 4 aromatic rings. The van der Waals surface area contributed by atoms with Gasteiger partial charge in [-0.2, -0.15) is 0 Å². The number of hydrogen-bond donors (Lipinski definition) is 1. The van der Waals surface area contributed by atoms with E-state index in [0.29, 0.717) is 24.4 Å². The Morgan fingerprint density at radius 3 is 2.69 bits per heavy atom. The second-order valence-corrected chi connectivity index (χ2v) is 11.0. The van der Waals surface area contributed by atoms with Crippen LogP contribution in [0.5, 0.6) is 0 Å². The average molecular weight is 487 g/mol. The summed E-state index contributed by atoms with van der Waals surface area (Å²) in [6.07, 6.45) is 8.56. The molecular formula is C29H34N4O3. The maximum atomic E-state index is 13.0. The molecular weight excluding hydrogens is 452 g/mol. The van der Waals surface area contributed by atoms with Gasteiger partial charge in [-0.3, -0.25) is 9.78 Å². The molecule has 1 amide bonds. The van der Waals surface area contributed by atoms with Crippen LogP contribution in [0.25, 0.3) is 21.7 Å². The normalized spacial score (nSPS) is 14.2. The monoisotopic (exact) mass is 486 g/mol. The number of nitrogens with one attached hydrogen (secondary N) is 1. The highest BCUT2D eigenvalue weighted by molar-refractivity contribution is 5.83. The zero-order chi connectivity index (χ0) is 25.4. The van der Waals surface area contributed by atoms with Crippen molar-refractivity contribution in [1.29, 1.82) is 0 Å². The first kappa shape index (κ1) is 24.1. The van der Waals surface area contributed by atoms with Gasteiger partial charge in [-0.05, 0) is 86.6 Å². The van der Waals surface area contributed by atoms with Gasteiger partial charge in [0.05, 0.1) is 18.5 Å². The molecule has 3 aromatic heterocycles. The van der Waals surface area contributed by atoms with Gasteiger partial charge in [-0.25, -0.2) is 4.79 Å². The lowest BCUT2D eigenvalue weighted by Crippen LogP contribution is -2.40. The first-order valence-electron chi connectivity index (χ1n) is 12.7. The van der Waals surface area contributed by atoms with Crippen molar-refractivity contribution in [2.45, 2.75) is 65.6 Å². The van der Waals surface area contributed by atoms with Crippen molar-refractivity contribution in [1.82, 2.24) is 19.4 Å². The molecule has 1 fully saturated rings. The molecule has 0 aliphatic heterocycles. The number of carbonyl (C=O) groups excluding carboxylic acids is 1. The van der Waals surface area contributed by atoms with Gasteiger partial charge in [-0.15, -0.1) is 0 Å². The lowest BCUT2D eigenvalue weighted by molar-refractivity contribution is 0.0171. The van der Waals surface area contributed by atoms with Gasteiger partial charge in [0.1, 0.15) is 5.60 Å². The van der Waals surface area contributed by atoms with Crippen molar-refractivity contribution in [3.05, 3.63) is 76.1 Å². The number of rotatable bonds is 6. The van der Waals surface area contributed by atoms with Crippen LogP contribution in [0.3, 0.4) is 0 Å². The maximum absolute atomic E-state index is 13.0. The van der Waals surface area contributed by atoms with Crippen LogP contribution in [0.15, 0.2) is 53.7 Å². The SMILES string of the molecule is Cc1cncc2c(=O)n(Cc3ccc4cc(CN(CC5CCC5)C(=O)OC(C)(C)C)[nH]c4c3)ccc12. The summed E-state index contributed by atoms with van der Waals surface area (Å²) in [7, 11) is 0. The fourth-order valence-electron chi connectivity index (χ4n) is 4.82. The van der Waals surface area contributed by atoms with Crippen LogP contribution < -0.4 is 5.56 Å². The molecule has 7 heteroatoms. The molecule has 7 nitrogen and oxygen atoms in total. The summed E-state index contributed by atoms with van der Waals surface area (Å²) >= 11 is 0. The average Bonchev–Trinajstić information content (AvgIpc) is 3.18. The van der Waals surface area contributed by atoms with Gasteiger partial charge in [-0.1, -0.05) is 18.6 Å². The Balaban J connectivity index is 1.37. The van der Waals surface area contributed by atoms with Crippen molar-refractivity contribution < 1.29 is 9.53 Å². The molecule has 0 bridgehead atoms. The summed E-state index contributed by atoms with van der Waals surface area (Å²) in [6, 6.07) is 10.3. The molecule has 36 heavy (non-hydrogen) atoms. The number of nitrogens with zero attached hydrogens (tertiary/aromatic N) is 3. The van der Waals surface area contributed by atoms with Crippen LogP contribution in [0.1, 0.15) is 56.9 Å². The lowest BCUT2D eigenvalue weighted by atomic mass is 9.85. The number of pyridine rings is 2. The van der Waals surface area contributed by atoms with E-state index in [4.69, 9.17) is 4.74 Å². The minimum Gasteiger partial charge on any atom is -0.444 e. The molecule has 1 aliphatic carbocycles. The Labute approximate surface area is 211 Å². The maximum Gasteiger partial charge on any atom is 0.410 e. The van der Waals surface area contributed by atoms with Gasteiger partial charge in [0, 0.05) is 36.3 Å². The van der Waals surface area contributed by atoms with E-state index < -0.39 is 5.60 Å². The van der Waals surface area contributed by atoms with E-state index in [0.717, 1.165) is 39.7 Å². The fourth-order valence-corrected chi connectivity index (χ4v) is 4.82. The van der Waals surface area contributed by atoms with Crippen LogP contribution >= 0.6 is 0 Å². The predicted molar refractivity (Wildman–Crippen MR) is 142 cm³/mol. The second-order valence-electron chi connectivity index (χ2n) is 11.0. The minimum atomic E-state index is -0.528. The van der Waals surface area contributed by atoms with E-state index in [1.165, 1.54) is 19.3 Å². The molecule has 0 unspecified atom stereocenters. The Morgan fingerprint density at radius 2 is 1.97 bits per heavy atom. The number of aromatic nitrogens is 3. The molecule has 0 radical (unpaired) electrons. The molecule has 0 atom stereocenters. The molecule has 1 aliphatic rings. The highest BCUT2D eigenvalue weighted by atomic mass is 16.6. The van der Waals surface area contributed by atoms with Gasteiger partial charge in [0.2, 0.25) is 0 Å². The minimum absolute atomic E-state index is 0.0417. The lowest BCUT2D eigenvalue weighted by Gasteiger charge is -2.33. The molecule has 1 aromatic carbocycles. The van der Waals surface area contributed by atoms with Crippen LogP contribution in [0, 0.1) is 12.8 Å². The molecule has 5 rings (SSSR count). The molecule has 0 saturated heterocycles. The quantitative estimate of drug-likeness (QED) is 0.375. The third-order valence-electron chi connectivity index (χ3n) is 6.91. The number of carbonyl (C=O) groups is 1. The third kappa shape index (κ3) is 5.15. The number of fused-ring (bicyclic) bond motifs is 2. The summed E-state index contributed by atoms with van der Waals surface area (Å²) in [5, 5.41) is 2.65. The van der Waals surface area contributed by atoms with Crippen LogP contribution in [0.2, 0.25) is 0 Å². The van der Waals surface area contributed by atoms with E-state index in [-0.39, 0.29) is 11.7 Å². The number of amides is 1. The van der Waals surface area contributed by atoms with Crippen molar-refractivity contribution in [2.24, 2.45) is 5.92 Å². The number of aromatic amines is 1. The Morgan fingerprint density at radius 1 is 1.17 bits per heavy atom. The standard InChI is InChI=1S/C29H34N4O3/c1-19-14-30-15-25-24(19)10-11-32(27(25)34)17-21-8-9-22-13-23(31-26(22)12-21)18-33(16-20-6-5-7-20)28(35)36-29(2,3)4/h8-15,20,31H,5-7,16-18H2,1-4H3. The zero-order valence-corrected chi connectivity index (χ0v) is 21.5. The molecule has 1 saturated carbocycles. The number of hydrogen-bond acceptors (Lipinski definition) is 4. The summed E-state index contributed by atoms with van der Waals surface area (Å²) < 4.78 is 7.41. The van der Waals surface area contributed by atoms with Crippen molar-refractivity contribution in [2.75, 3.05) is 6.54 Å². The number of H-pyrrole nitrogens is 1. The third-order valence-corrected chi connectivity index (χ3v) is 6.91. The van der Waals surface area contributed by atoms with Gasteiger partial charge in [0.25, 0.3) is 5.56 Å². The van der Waals surface area contributed by atoms with E-state index >= 15 is 0 Å². The Kier molecular flexibility index (Phi) is 6.33. The largest absolute Gasteiger partial charge is 0.444 e. The van der Waals surface area contributed by atoms with Crippen molar-refractivity contribution in [3.8, 4) is 0 Å². The summed E-state index contributed by atoms with van der Waals surface area (Å²) in [6.45, 7) is 9.33. The topological polar surface area (TPSA) is 80.2 Å². The summed E-state index contributed by atoms with van der Waals surface area (Å²) in [4.78, 5) is 35.4. The van der Waals surface area contributed by atoms with Crippen molar-refractivity contribution >= 4 is 27.8 Å². The first-order chi connectivity index (χ1) is 17.2. The molecule has 1 N–H and O–H groups in total. The molecule has 0 spiro atoms. The number of ether oxygens (including phenoxy) is 1. The predicted octanol–water partition coefficient (Wildman–Crippen LogP) is 5.77. The number of benzene rings is 1.